The minimum atomic E-state index is 0.849. The Balaban J connectivity index is 1.26. The van der Waals surface area contributed by atoms with Crippen LogP contribution in [0.4, 0.5) is 0 Å². The lowest BCUT2D eigenvalue weighted by atomic mass is 9.76. The fraction of sp³-hybridized carbons (Fsp3) is 0.750. The van der Waals surface area contributed by atoms with Gasteiger partial charge in [-0.05, 0) is 80.4 Å². The molecule has 186 valence electrons. The lowest BCUT2D eigenvalue weighted by Crippen LogP contribution is -2.16. The summed E-state index contributed by atoms with van der Waals surface area (Å²) < 4.78 is 5.85. The van der Waals surface area contributed by atoms with Gasteiger partial charge in [-0.2, -0.15) is 0 Å². The first-order valence-electron chi connectivity index (χ1n) is 14.7. The smallest absolute Gasteiger partial charge is 0.119 e. The van der Waals surface area contributed by atoms with Crippen LogP contribution in [0.1, 0.15) is 129 Å². The minimum Gasteiger partial charge on any atom is -0.494 e. The van der Waals surface area contributed by atoms with Gasteiger partial charge >= 0.3 is 0 Å². The second-order valence-electron chi connectivity index (χ2n) is 11.2. The first kappa shape index (κ1) is 26.4. The Morgan fingerprint density at radius 1 is 0.697 bits per heavy atom. The van der Waals surface area contributed by atoms with Crippen molar-refractivity contribution in [1.29, 1.82) is 0 Å². The Morgan fingerprint density at radius 2 is 1.36 bits per heavy atom. The van der Waals surface area contributed by atoms with E-state index < -0.39 is 0 Å². The van der Waals surface area contributed by atoms with E-state index in [1.165, 1.54) is 115 Å². The van der Waals surface area contributed by atoms with Crippen LogP contribution < -0.4 is 4.74 Å². The van der Waals surface area contributed by atoms with Gasteiger partial charge in [0, 0.05) is 0 Å². The molecule has 0 amide bonds. The van der Waals surface area contributed by atoms with E-state index in [0.717, 1.165) is 36.5 Å². The molecular weight excluding hydrogens is 400 g/mol. The van der Waals surface area contributed by atoms with E-state index in [2.05, 4.69) is 44.2 Å². The molecule has 0 aliphatic heterocycles. The van der Waals surface area contributed by atoms with Crippen LogP contribution >= 0.6 is 0 Å². The molecule has 1 aromatic carbocycles. The Labute approximate surface area is 205 Å². The van der Waals surface area contributed by atoms with Crippen LogP contribution in [0.2, 0.25) is 0 Å². The highest BCUT2D eigenvalue weighted by atomic mass is 16.5. The van der Waals surface area contributed by atoms with Gasteiger partial charge in [0.2, 0.25) is 0 Å². The lowest BCUT2D eigenvalue weighted by molar-refractivity contribution is 0.234. The van der Waals surface area contributed by atoms with Crippen LogP contribution in [0.25, 0.3) is 0 Å². The molecule has 1 saturated carbocycles. The molecule has 2 aliphatic carbocycles. The first-order chi connectivity index (χ1) is 16.3. The van der Waals surface area contributed by atoms with Gasteiger partial charge in [0.15, 0.2) is 0 Å². The molecule has 2 aliphatic rings. The highest BCUT2D eigenvalue weighted by molar-refractivity contribution is 5.28. The zero-order chi connectivity index (χ0) is 23.1. The van der Waals surface area contributed by atoms with Gasteiger partial charge in [-0.15, -0.1) is 0 Å². The van der Waals surface area contributed by atoms with E-state index in [0.29, 0.717) is 0 Å². The SMILES string of the molecule is CCCCCOc1ccc(CCC2=CCC(CC[C@H]3CC[C@H](CCCCC)CC3)CC2)cc1. The fourth-order valence-electron chi connectivity index (χ4n) is 5.99. The van der Waals surface area contributed by atoms with E-state index in [-0.39, 0.29) is 0 Å². The van der Waals surface area contributed by atoms with Crippen LogP contribution in [-0.4, -0.2) is 6.61 Å². The van der Waals surface area contributed by atoms with Crippen LogP contribution in [-0.2, 0) is 6.42 Å². The largest absolute Gasteiger partial charge is 0.494 e. The monoisotopic (exact) mass is 452 g/mol. The van der Waals surface area contributed by atoms with Gasteiger partial charge in [-0.25, -0.2) is 0 Å². The number of ether oxygens (including phenoxy) is 1. The standard InChI is InChI=1S/C32H52O/c1-3-5-7-9-27-10-12-28(13-11-27)14-15-29-16-18-30(19-17-29)20-21-31-22-24-32(25-23-31)33-26-8-6-4-2/h18,22-25,27-29H,3-17,19-21,26H2,1-2H3/t27-,28-,29?. The zero-order valence-corrected chi connectivity index (χ0v) is 22.0. The average Bonchev–Trinajstić information content (AvgIpc) is 2.86. The van der Waals surface area contributed by atoms with Gasteiger partial charge in [-0.1, -0.05) is 108 Å². The molecule has 0 aromatic heterocycles. The van der Waals surface area contributed by atoms with E-state index in [4.69, 9.17) is 4.74 Å². The molecule has 1 heteroatoms. The highest BCUT2D eigenvalue weighted by Gasteiger charge is 2.22. The second-order valence-corrected chi connectivity index (χ2v) is 11.2. The van der Waals surface area contributed by atoms with Crippen molar-refractivity contribution in [3.05, 3.63) is 41.5 Å². The Kier molecular flexibility index (Phi) is 12.5. The van der Waals surface area contributed by atoms with Crippen LogP contribution in [0.3, 0.4) is 0 Å². The van der Waals surface area contributed by atoms with Gasteiger partial charge in [0.25, 0.3) is 0 Å². The number of hydrogen-bond donors (Lipinski definition) is 0. The van der Waals surface area contributed by atoms with Crippen molar-refractivity contribution in [1.82, 2.24) is 0 Å². The Morgan fingerprint density at radius 3 is 2.03 bits per heavy atom. The van der Waals surface area contributed by atoms with Crippen LogP contribution in [0.5, 0.6) is 5.75 Å². The van der Waals surface area contributed by atoms with Gasteiger partial charge < -0.3 is 4.74 Å². The third kappa shape index (κ3) is 10.3. The van der Waals surface area contributed by atoms with Gasteiger partial charge in [0.1, 0.15) is 5.75 Å². The molecule has 0 bridgehead atoms. The summed E-state index contributed by atoms with van der Waals surface area (Å²) in [5.41, 5.74) is 3.16. The molecule has 0 saturated heterocycles. The van der Waals surface area contributed by atoms with Gasteiger partial charge in [0.05, 0.1) is 6.61 Å². The summed E-state index contributed by atoms with van der Waals surface area (Å²) in [7, 11) is 0. The first-order valence-corrected chi connectivity index (χ1v) is 14.7. The third-order valence-electron chi connectivity index (χ3n) is 8.45. The van der Waals surface area contributed by atoms with Gasteiger partial charge in [-0.3, -0.25) is 0 Å². The summed E-state index contributed by atoms with van der Waals surface area (Å²) in [6.07, 6.45) is 27.7. The number of benzene rings is 1. The summed E-state index contributed by atoms with van der Waals surface area (Å²) in [6.45, 7) is 5.41. The second kappa shape index (κ2) is 15.6. The van der Waals surface area contributed by atoms with E-state index in [1.54, 1.807) is 5.57 Å². The molecular formula is C32H52O. The third-order valence-corrected chi connectivity index (χ3v) is 8.45. The lowest BCUT2D eigenvalue weighted by Gasteiger charge is -2.30. The molecule has 0 heterocycles. The van der Waals surface area contributed by atoms with Crippen molar-refractivity contribution < 1.29 is 4.74 Å². The van der Waals surface area contributed by atoms with Crippen molar-refractivity contribution in [2.45, 2.75) is 129 Å². The maximum atomic E-state index is 5.85. The summed E-state index contributed by atoms with van der Waals surface area (Å²) in [6, 6.07) is 8.84. The van der Waals surface area contributed by atoms with Crippen LogP contribution in [0.15, 0.2) is 35.9 Å². The van der Waals surface area contributed by atoms with Crippen molar-refractivity contribution in [2.24, 2.45) is 17.8 Å². The number of rotatable bonds is 15. The normalized spacial score (nSPS) is 23.3. The number of hydrogen-bond acceptors (Lipinski definition) is 1. The number of aryl methyl sites for hydroxylation is 1. The predicted octanol–water partition coefficient (Wildman–Crippen LogP) is 10.1. The van der Waals surface area contributed by atoms with E-state index >= 15 is 0 Å². The topological polar surface area (TPSA) is 9.23 Å². The average molecular weight is 453 g/mol. The number of allylic oxidation sites excluding steroid dienone is 2. The quantitative estimate of drug-likeness (QED) is 0.190. The number of unbranched alkanes of at least 4 members (excludes halogenated alkanes) is 4. The predicted molar refractivity (Wildman–Crippen MR) is 144 cm³/mol. The molecule has 1 nitrogen and oxygen atoms in total. The summed E-state index contributed by atoms with van der Waals surface area (Å²) in [5, 5.41) is 0. The maximum absolute atomic E-state index is 5.85. The van der Waals surface area contributed by atoms with Crippen molar-refractivity contribution in [3.63, 3.8) is 0 Å². The zero-order valence-electron chi connectivity index (χ0n) is 22.0. The molecule has 0 N–H and O–H groups in total. The molecule has 0 radical (unpaired) electrons. The van der Waals surface area contributed by atoms with E-state index in [1.807, 2.05) is 0 Å². The highest BCUT2D eigenvalue weighted by Crippen LogP contribution is 2.37. The Hall–Kier alpha value is -1.24. The van der Waals surface area contributed by atoms with E-state index in [9.17, 15) is 0 Å². The minimum absolute atomic E-state index is 0.849. The van der Waals surface area contributed by atoms with Crippen molar-refractivity contribution in [2.75, 3.05) is 6.61 Å². The molecule has 1 atom stereocenters. The summed E-state index contributed by atoms with van der Waals surface area (Å²) in [4.78, 5) is 0. The maximum Gasteiger partial charge on any atom is 0.119 e. The molecule has 1 fully saturated rings. The van der Waals surface area contributed by atoms with Crippen molar-refractivity contribution in [3.8, 4) is 5.75 Å². The fourth-order valence-corrected chi connectivity index (χ4v) is 5.99. The Bertz CT molecular complexity index is 650. The molecule has 1 unspecified atom stereocenters. The molecule has 3 rings (SSSR count). The molecule has 33 heavy (non-hydrogen) atoms. The molecule has 1 aromatic rings. The van der Waals surface area contributed by atoms with Crippen LogP contribution in [0, 0.1) is 17.8 Å². The summed E-state index contributed by atoms with van der Waals surface area (Å²) in [5.74, 6) is 4.08. The molecule has 0 spiro atoms. The summed E-state index contributed by atoms with van der Waals surface area (Å²) >= 11 is 0. The van der Waals surface area contributed by atoms with Crippen molar-refractivity contribution >= 4 is 0 Å².